The van der Waals surface area contributed by atoms with Crippen LogP contribution in [0.4, 0.5) is 0 Å². The van der Waals surface area contributed by atoms with Crippen LogP contribution in [0.2, 0.25) is 0 Å². The van der Waals surface area contributed by atoms with Crippen LogP contribution in [0.1, 0.15) is 26.3 Å². The summed E-state index contributed by atoms with van der Waals surface area (Å²) in [6.07, 6.45) is 0. The number of nitrogens with one attached hydrogen (secondary N) is 1. The maximum atomic E-state index is 5.43. The summed E-state index contributed by atoms with van der Waals surface area (Å²) >= 11 is 0. The van der Waals surface area contributed by atoms with Gasteiger partial charge >= 0.3 is 0 Å². The van der Waals surface area contributed by atoms with Crippen LogP contribution in [-0.4, -0.2) is 12.3 Å². The average Bonchev–Trinajstić information content (AvgIpc) is 2.61. The third-order valence-corrected chi connectivity index (χ3v) is 2.29. The Morgan fingerprint density at radius 1 is 1.27 bits per heavy atom. The zero-order valence-corrected chi connectivity index (χ0v) is 9.46. The van der Waals surface area contributed by atoms with Crippen molar-refractivity contribution < 1.29 is 9.47 Å². The molecule has 1 aromatic rings. The zero-order valence-electron chi connectivity index (χ0n) is 9.46. The third-order valence-electron chi connectivity index (χ3n) is 2.29. The van der Waals surface area contributed by atoms with Crippen molar-refractivity contribution in [2.24, 2.45) is 0 Å². The molecule has 1 aromatic carbocycles. The van der Waals surface area contributed by atoms with E-state index in [1.54, 1.807) is 0 Å². The average molecular weight is 207 g/mol. The van der Waals surface area contributed by atoms with Crippen molar-refractivity contribution in [2.45, 2.75) is 32.9 Å². The molecule has 0 fully saturated rings. The molecule has 1 heterocycles. The second kappa shape index (κ2) is 3.74. The van der Waals surface area contributed by atoms with Gasteiger partial charge in [0.25, 0.3) is 0 Å². The van der Waals surface area contributed by atoms with E-state index < -0.39 is 0 Å². The minimum Gasteiger partial charge on any atom is -0.454 e. The highest BCUT2D eigenvalue weighted by Gasteiger charge is 2.18. The van der Waals surface area contributed by atoms with Crippen molar-refractivity contribution >= 4 is 0 Å². The highest BCUT2D eigenvalue weighted by Crippen LogP contribution is 2.35. The van der Waals surface area contributed by atoms with Gasteiger partial charge in [0.2, 0.25) is 6.79 Å². The molecule has 0 aliphatic carbocycles. The molecule has 3 nitrogen and oxygen atoms in total. The van der Waals surface area contributed by atoms with E-state index in [2.05, 4.69) is 32.2 Å². The number of hydrogen-bond donors (Lipinski definition) is 1. The Morgan fingerprint density at radius 2 is 2.07 bits per heavy atom. The SMILES string of the molecule is CC(C)(C)NCc1cccc2c1OCO2. The van der Waals surface area contributed by atoms with Gasteiger partial charge in [0, 0.05) is 17.6 Å². The van der Waals surface area contributed by atoms with Crippen LogP contribution in [0.15, 0.2) is 18.2 Å². The van der Waals surface area contributed by atoms with E-state index in [-0.39, 0.29) is 5.54 Å². The van der Waals surface area contributed by atoms with Gasteiger partial charge in [0.1, 0.15) is 0 Å². The fraction of sp³-hybridized carbons (Fsp3) is 0.500. The van der Waals surface area contributed by atoms with E-state index in [1.807, 2.05) is 12.1 Å². The predicted octanol–water partition coefficient (Wildman–Crippen LogP) is 2.30. The van der Waals surface area contributed by atoms with E-state index >= 15 is 0 Å². The molecule has 0 atom stereocenters. The second-order valence-corrected chi connectivity index (χ2v) is 4.75. The van der Waals surface area contributed by atoms with Gasteiger partial charge in [-0.2, -0.15) is 0 Å². The summed E-state index contributed by atoms with van der Waals surface area (Å²) in [5.74, 6) is 1.73. The molecular weight excluding hydrogens is 190 g/mol. The number of benzene rings is 1. The first-order valence-corrected chi connectivity index (χ1v) is 5.19. The molecule has 15 heavy (non-hydrogen) atoms. The van der Waals surface area contributed by atoms with Crippen molar-refractivity contribution in [3.05, 3.63) is 23.8 Å². The van der Waals surface area contributed by atoms with Crippen LogP contribution in [0, 0.1) is 0 Å². The molecule has 0 bridgehead atoms. The largest absolute Gasteiger partial charge is 0.454 e. The molecule has 82 valence electrons. The lowest BCUT2D eigenvalue weighted by Crippen LogP contribution is -2.35. The fourth-order valence-corrected chi connectivity index (χ4v) is 1.49. The van der Waals surface area contributed by atoms with Crippen molar-refractivity contribution in [2.75, 3.05) is 6.79 Å². The summed E-state index contributed by atoms with van der Waals surface area (Å²) in [5, 5.41) is 3.43. The molecule has 1 aliphatic rings. The number of fused-ring (bicyclic) bond motifs is 1. The van der Waals surface area contributed by atoms with Gasteiger partial charge in [-0.25, -0.2) is 0 Å². The number of para-hydroxylation sites is 1. The Kier molecular flexibility index (Phi) is 2.57. The van der Waals surface area contributed by atoms with E-state index in [4.69, 9.17) is 9.47 Å². The quantitative estimate of drug-likeness (QED) is 0.807. The maximum absolute atomic E-state index is 5.43. The first-order valence-electron chi connectivity index (χ1n) is 5.19. The fourth-order valence-electron chi connectivity index (χ4n) is 1.49. The first-order chi connectivity index (χ1) is 7.06. The summed E-state index contributed by atoms with van der Waals surface area (Å²) < 4.78 is 10.8. The van der Waals surface area contributed by atoms with Crippen LogP contribution in [0.3, 0.4) is 0 Å². The van der Waals surface area contributed by atoms with Gasteiger partial charge in [0.05, 0.1) is 0 Å². The Balaban J connectivity index is 2.12. The number of ether oxygens (including phenoxy) is 2. The molecule has 0 aromatic heterocycles. The summed E-state index contributed by atoms with van der Waals surface area (Å²) in [5.41, 5.74) is 1.27. The minimum absolute atomic E-state index is 0.113. The van der Waals surface area contributed by atoms with E-state index in [9.17, 15) is 0 Å². The molecule has 0 amide bonds. The van der Waals surface area contributed by atoms with Crippen LogP contribution < -0.4 is 14.8 Å². The number of rotatable bonds is 2. The van der Waals surface area contributed by atoms with Crippen molar-refractivity contribution in [1.29, 1.82) is 0 Å². The van der Waals surface area contributed by atoms with Gasteiger partial charge in [-0.3, -0.25) is 0 Å². The topological polar surface area (TPSA) is 30.5 Å². The van der Waals surface area contributed by atoms with Crippen LogP contribution in [-0.2, 0) is 6.54 Å². The van der Waals surface area contributed by atoms with Gasteiger partial charge in [-0.1, -0.05) is 12.1 Å². The van der Waals surface area contributed by atoms with Gasteiger partial charge in [-0.05, 0) is 26.8 Å². The van der Waals surface area contributed by atoms with Crippen LogP contribution in [0.25, 0.3) is 0 Å². The number of hydrogen-bond acceptors (Lipinski definition) is 3. The summed E-state index contributed by atoms with van der Waals surface area (Å²) in [6.45, 7) is 7.58. The molecule has 2 rings (SSSR count). The van der Waals surface area contributed by atoms with E-state index in [0.717, 1.165) is 23.6 Å². The highest BCUT2D eigenvalue weighted by molar-refractivity contribution is 5.48. The van der Waals surface area contributed by atoms with Crippen LogP contribution >= 0.6 is 0 Å². The molecule has 1 N–H and O–H groups in total. The van der Waals surface area contributed by atoms with Gasteiger partial charge in [0.15, 0.2) is 11.5 Å². The van der Waals surface area contributed by atoms with Gasteiger partial charge < -0.3 is 14.8 Å². The predicted molar refractivity (Wildman–Crippen MR) is 59.2 cm³/mol. The van der Waals surface area contributed by atoms with Crippen molar-refractivity contribution in [1.82, 2.24) is 5.32 Å². The molecule has 0 saturated carbocycles. The highest BCUT2D eigenvalue weighted by atomic mass is 16.7. The molecular formula is C12H17NO2. The normalized spacial score (nSPS) is 14.3. The first kappa shape index (κ1) is 10.3. The smallest absolute Gasteiger partial charge is 0.231 e. The van der Waals surface area contributed by atoms with E-state index in [1.165, 1.54) is 0 Å². The Hall–Kier alpha value is -1.22. The minimum atomic E-state index is 0.113. The summed E-state index contributed by atoms with van der Waals surface area (Å²) in [7, 11) is 0. The maximum Gasteiger partial charge on any atom is 0.231 e. The lowest BCUT2D eigenvalue weighted by atomic mass is 10.1. The summed E-state index contributed by atoms with van der Waals surface area (Å²) in [4.78, 5) is 0. The van der Waals surface area contributed by atoms with Gasteiger partial charge in [-0.15, -0.1) is 0 Å². The monoisotopic (exact) mass is 207 g/mol. The molecule has 0 unspecified atom stereocenters. The van der Waals surface area contributed by atoms with Crippen molar-refractivity contribution in [3.63, 3.8) is 0 Å². The van der Waals surface area contributed by atoms with E-state index in [0.29, 0.717) is 6.79 Å². The Morgan fingerprint density at radius 3 is 2.80 bits per heavy atom. The molecule has 0 saturated heterocycles. The second-order valence-electron chi connectivity index (χ2n) is 4.75. The van der Waals surface area contributed by atoms with Crippen molar-refractivity contribution in [3.8, 4) is 11.5 Å². The lowest BCUT2D eigenvalue weighted by molar-refractivity contribution is 0.173. The summed E-state index contributed by atoms with van der Waals surface area (Å²) in [6, 6.07) is 5.99. The molecule has 1 aliphatic heterocycles. The zero-order chi connectivity index (χ0) is 10.9. The lowest BCUT2D eigenvalue weighted by Gasteiger charge is -2.20. The molecule has 3 heteroatoms. The standard InChI is InChI=1S/C12H17NO2/c1-12(2,3)13-7-9-5-4-6-10-11(9)15-8-14-10/h4-6,13H,7-8H2,1-3H3. The third kappa shape index (κ3) is 2.42. The Bertz CT molecular complexity index is 355. The van der Waals surface area contributed by atoms with Crippen LogP contribution in [0.5, 0.6) is 11.5 Å². The Labute approximate surface area is 90.4 Å². The molecule has 0 spiro atoms. The molecule has 0 radical (unpaired) electrons.